The van der Waals surface area contributed by atoms with Crippen molar-refractivity contribution in [2.24, 2.45) is 5.73 Å². The van der Waals surface area contributed by atoms with E-state index in [9.17, 15) is 0 Å². The molecule has 3 heteroatoms. The molecule has 0 saturated carbocycles. The fraction of sp³-hybridized carbons (Fsp3) is 0.625. The minimum atomic E-state index is 0.0983. The first-order chi connectivity index (χ1) is 5.27. The van der Waals surface area contributed by atoms with Gasteiger partial charge in [0, 0.05) is 11.9 Å². The summed E-state index contributed by atoms with van der Waals surface area (Å²) in [6.45, 7) is 2.20. The highest BCUT2D eigenvalue weighted by molar-refractivity contribution is 7.57. The first-order valence-electron chi connectivity index (χ1n) is 3.88. The van der Waals surface area contributed by atoms with Gasteiger partial charge in [-0.25, -0.2) is 0 Å². The lowest BCUT2D eigenvalue weighted by Gasteiger charge is -2.21. The van der Waals surface area contributed by atoms with Gasteiger partial charge in [-0.05, 0) is 18.7 Å². The van der Waals surface area contributed by atoms with E-state index in [1.54, 1.807) is 0 Å². The molecule has 1 unspecified atom stereocenters. The summed E-state index contributed by atoms with van der Waals surface area (Å²) in [6.07, 6.45) is 4.37. The van der Waals surface area contributed by atoms with Crippen molar-refractivity contribution < 1.29 is 0 Å². The average molecular weight is 168 g/mol. The van der Waals surface area contributed by atoms with Crippen molar-refractivity contribution in [3.8, 4) is 6.07 Å². The fourth-order valence-corrected chi connectivity index (χ4v) is 3.19. The summed E-state index contributed by atoms with van der Waals surface area (Å²) in [5.74, 6) is 0. The molecular weight excluding hydrogens is 155 g/mol. The van der Waals surface area contributed by atoms with Crippen LogP contribution in [-0.4, -0.2) is 18.5 Å². The molecule has 0 aromatic carbocycles. The van der Waals surface area contributed by atoms with E-state index in [1.165, 1.54) is 12.3 Å². The van der Waals surface area contributed by atoms with Gasteiger partial charge in [0.05, 0.1) is 11.6 Å². The van der Waals surface area contributed by atoms with E-state index in [1.807, 2.05) is 0 Å². The lowest BCUT2D eigenvalue weighted by atomic mass is 10.2. The summed E-state index contributed by atoms with van der Waals surface area (Å²) in [6, 6.07) is 2.19. The van der Waals surface area contributed by atoms with Gasteiger partial charge in [-0.1, -0.05) is 6.92 Å². The predicted molar refractivity (Wildman–Crippen MR) is 48.6 cm³/mol. The maximum absolute atomic E-state index is 8.70. The highest BCUT2D eigenvalue weighted by Crippen LogP contribution is 2.41. The number of nitrogens with two attached hydrogens (primary N) is 1. The van der Waals surface area contributed by atoms with Gasteiger partial charge in [-0.3, -0.25) is 0 Å². The van der Waals surface area contributed by atoms with Crippen LogP contribution in [0.3, 0.4) is 0 Å². The van der Waals surface area contributed by atoms with Gasteiger partial charge < -0.3 is 5.73 Å². The molecule has 0 spiro atoms. The molecule has 0 aromatic rings. The lowest BCUT2D eigenvalue weighted by molar-refractivity contribution is 1.02. The van der Waals surface area contributed by atoms with E-state index in [0.29, 0.717) is 0 Å². The third kappa shape index (κ3) is 1.94. The molecule has 1 aliphatic heterocycles. The van der Waals surface area contributed by atoms with Crippen LogP contribution in [0.15, 0.2) is 11.3 Å². The molecule has 1 rings (SSSR count). The molecule has 0 radical (unpaired) electrons. The van der Waals surface area contributed by atoms with Crippen molar-refractivity contribution in [3.05, 3.63) is 11.3 Å². The first kappa shape index (κ1) is 8.56. The molecule has 2 nitrogen and oxygen atoms in total. The summed E-state index contributed by atoms with van der Waals surface area (Å²) in [5.41, 5.74) is 7.36. The van der Waals surface area contributed by atoms with Crippen LogP contribution >= 0.6 is 7.92 Å². The first-order valence-corrected chi connectivity index (χ1v) is 5.77. The molecule has 0 amide bonds. The molecule has 1 heterocycles. The second-order valence-electron chi connectivity index (χ2n) is 2.73. The van der Waals surface area contributed by atoms with Gasteiger partial charge in [-0.15, -0.1) is 7.92 Å². The molecule has 1 atom stereocenters. The summed E-state index contributed by atoms with van der Waals surface area (Å²) in [4.78, 5) is 0. The Morgan fingerprint density at radius 1 is 1.73 bits per heavy atom. The Hall–Kier alpha value is -0.540. The van der Waals surface area contributed by atoms with Crippen LogP contribution in [0.4, 0.5) is 0 Å². The van der Waals surface area contributed by atoms with Crippen LogP contribution in [0.5, 0.6) is 0 Å². The molecule has 11 heavy (non-hydrogen) atoms. The third-order valence-electron chi connectivity index (χ3n) is 2.05. The SMILES string of the molecule is CCP1CCC(N)=C(C#N)C1. The summed E-state index contributed by atoms with van der Waals surface area (Å²) in [7, 11) is 0.0983. The Balaban J connectivity index is 2.67. The number of rotatable bonds is 1. The molecule has 0 saturated heterocycles. The molecule has 60 valence electrons. The quantitative estimate of drug-likeness (QED) is 0.605. The van der Waals surface area contributed by atoms with Crippen LogP contribution in [0.25, 0.3) is 0 Å². The van der Waals surface area contributed by atoms with Crippen molar-refractivity contribution in [1.82, 2.24) is 0 Å². The fourth-order valence-electron chi connectivity index (χ4n) is 1.21. The van der Waals surface area contributed by atoms with Gasteiger partial charge in [0.1, 0.15) is 0 Å². The number of allylic oxidation sites excluding steroid dienone is 2. The van der Waals surface area contributed by atoms with E-state index in [4.69, 9.17) is 11.0 Å². The monoisotopic (exact) mass is 168 g/mol. The lowest BCUT2D eigenvalue weighted by Crippen LogP contribution is -2.12. The van der Waals surface area contributed by atoms with Crippen molar-refractivity contribution >= 4 is 7.92 Å². The molecule has 1 aliphatic rings. The zero-order valence-corrected chi connectivity index (χ0v) is 7.69. The van der Waals surface area contributed by atoms with Gasteiger partial charge in [0.25, 0.3) is 0 Å². The number of hydrogen-bond acceptors (Lipinski definition) is 2. The standard InChI is InChI=1S/C8H13N2P/c1-2-11-4-3-8(10)7(5-9)6-11/h2-4,6,10H2,1H3. The average Bonchev–Trinajstić information content (AvgIpc) is 2.05. The molecular formula is C8H13N2P. The molecule has 0 aliphatic carbocycles. The molecule has 0 aromatic heterocycles. The van der Waals surface area contributed by atoms with Crippen LogP contribution in [0.1, 0.15) is 13.3 Å². The molecule has 0 fully saturated rings. The predicted octanol–water partition coefficient (Wildman–Crippen LogP) is 1.63. The molecule has 2 N–H and O–H groups in total. The molecule has 0 bridgehead atoms. The Morgan fingerprint density at radius 2 is 2.45 bits per heavy atom. The Kier molecular flexibility index (Phi) is 2.91. The second-order valence-corrected chi connectivity index (χ2v) is 5.47. The van der Waals surface area contributed by atoms with Crippen molar-refractivity contribution in [3.63, 3.8) is 0 Å². The summed E-state index contributed by atoms with van der Waals surface area (Å²) >= 11 is 0. The Morgan fingerprint density at radius 3 is 3.00 bits per heavy atom. The highest BCUT2D eigenvalue weighted by Gasteiger charge is 2.16. The Labute approximate surface area is 68.8 Å². The minimum Gasteiger partial charge on any atom is -0.401 e. The topological polar surface area (TPSA) is 49.8 Å². The van der Waals surface area contributed by atoms with Crippen LogP contribution in [0.2, 0.25) is 0 Å². The highest BCUT2D eigenvalue weighted by atomic mass is 31.1. The maximum Gasteiger partial charge on any atom is 0.0968 e. The smallest absolute Gasteiger partial charge is 0.0968 e. The van der Waals surface area contributed by atoms with Crippen LogP contribution in [0, 0.1) is 11.3 Å². The Bertz CT molecular complexity index is 215. The van der Waals surface area contributed by atoms with Crippen molar-refractivity contribution in [2.75, 3.05) is 18.5 Å². The van der Waals surface area contributed by atoms with Crippen LogP contribution < -0.4 is 5.73 Å². The minimum absolute atomic E-state index is 0.0983. The largest absolute Gasteiger partial charge is 0.401 e. The van der Waals surface area contributed by atoms with Crippen molar-refractivity contribution in [2.45, 2.75) is 13.3 Å². The van der Waals surface area contributed by atoms with E-state index >= 15 is 0 Å². The summed E-state index contributed by atoms with van der Waals surface area (Å²) < 4.78 is 0. The van der Waals surface area contributed by atoms with E-state index in [-0.39, 0.29) is 7.92 Å². The zero-order chi connectivity index (χ0) is 8.27. The number of hydrogen-bond donors (Lipinski definition) is 1. The maximum atomic E-state index is 8.70. The summed E-state index contributed by atoms with van der Waals surface area (Å²) in [5, 5.41) is 8.70. The van der Waals surface area contributed by atoms with Gasteiger partial charge in [-0.2, -0.15) is 5.26 Å². The number of nitrogens with zero attached hydrogens (tertiary/aromatic N) is 1. The van der Waals surface area contributed by atoms with E-state index in [0.717, 1.165) is 23.9 Å². The van der Waals surface area contributed by atoms with E-state index < -0.39 is 0 Å². The third-order valence-corrected chi connectivity index (χ3v) is 4.56. The zero-order valence-electron chi connectivity index (χ0n) is 6.80. The van der Waals surface area contributed by atoms with Gasteiger partial charge in [0.2, 0.25) is 0 Å². The normalized spacial score (nSPS) is 24.9. The second kappa shape index (κ2) is 3.74. The van der Waals surface area contributed by atoms with Crippen molar-refractivity contribution in [1.29, 1.82) is 5.26 Å². The van der Waals surface area contributed by atoms with Gasteiger partial charge >= 0.3 is 0 Å². The van der Waals surface area contributed by atoms with Gasteiger partial charge in [0.15, 0.2) is 0 Å². The van der Waals surface area contributed by atoms with E-state index in [2.05, 4.69) is 13.0 Å². The van der Waals surface area contributed by atoms with Crippen LogP contribution in [-0.2, 0) is 0 Å². The number of nitriles is 1.